The van der Waals surface area contributed by atoms with Crippen LogP contribution >= 0.6 is 0 Å². The minimum absolute atomic E-state index is 0.0463. The van der Waals surface area contributed by atoms with E-state index in [-0.39, 0.29) is 43.0 Å². The average Bonchev–Trinajstić information content (AvgIpc) is 3.41. The molecule has 0 amide bonds. The van der Waals surface area contributed by atoms with Crippen LogP contribution in [0.5, 0.6) is 11.5 Å². The summed E-state index contributed by atoms with van der Waals surface area (Å²) in [4.78, 5) is 56.3. The van der Waals surface area contributed by atoms with Gasteiger partial charge in [0.2, 0.25) is 0 Å². The predicted octanol–water partition coefficient (Wildman–Crippen LogP) is 5.03. The third kappa shape index (κ3) is 11.6. The third-order valence-electron chi connectivity index (χ3n) is 6.14. The van der Waals surface area contributed by atoms with Gasteiger partial charge in [0.25, 0.3) is 5.97 Å². The molecule has 0 saturated heterocycles. The summed E-state index contributed by atoms with van der Waals surface area (Å²) in [6, 6.07) is 6.02. The van der Waals surface area contributed by atoms with Gasteiger partial charge in [-0.25, -0.2) is 8.78 Å². The molecule has 13 nitrogen and oxygen atoms in total. The lowest BCUT2D eigenvalue weighted by molar-refractivity contribution is -0.138. The maximum absolute atomic E-state index is 14.1. The second-order valence-corrected chi connectivity index (χ2v) is 9.75. The number of hydrogen-bond donors (Lipinski definition) is 6. The molecule has 46 heavy (non-hydrogen) atoms. The number of ketones is 1. The van der Waals surface area contributed by atoms with Crippen LogP contribution in [0.25, 0.3) is 21.8 Å². The lowest BCUT2D eigenvalue weighted by Gasteiger charge is -2.03. The van der Waals surface area contributed by atoms with Crippen LogP contribution in [0.4, 0.5) is 8.78 Å². The minimum atomic E-state index is -0.990. The van der Waals surface area contributed by atoms with Crippen LogP contribution in [0.3, 0.4) is 0 Å². The van der Waals surface area contributed by atoms with Crippen molar-refractivity contribution in [2.24, 2.45) is 0 Å². The van der Waals surface area contributed by atoms with Gasteiger partial charge in [-0.15, -0.1) is 0 Å². The number of carbonyl (C=O) groups is 5. The summed E-state index contributed by atoms with van der Waals surface area (Å²) < 4.78 is 37.3. The Kier molecular flexibility index (Phi) is 14.9. The summed E-state index contributed by atoms with van der Waals surface area (Å²) in [5.41, 5.74) is 3.67. The number of H-pyrrole nitrogens is 2. The van der Waals surface area contributed by atoms with Gasteiger partial charge < -0.3 is 44.7 Å². The molecule has 2 aromatic carbocycles. The number of methoxy groups -OCH3 is 2. The number of carboxylic acid groups (broad SMARTS) is 4. The van der Waals surface area contributed by atoms with E-state index in [1.54, 1.807) is 19.9 Å². The zero-order valence-electron chi connectivity index (χ0n) is 26.0. The fraction of sp³-hybridized carbons (Fsp3) is 0.323. The number of aromatic nitrogens is 2. The van der Waals surface area contributed by atoms with E-state index in [0.29, 0.717) is 38.6 Å². The number of aliphatic carboxylic acids is 4. The lowest BCUT2D eigenvalue weighted by atomic mass is 10.1. The molecule has 4 rings (SSSR count). The van der Waals surface area contributed by atoms with Crippen LogP contribution in [0, 0.1) is 25.5 Å². The number of benzene rings is 2. The molecule has 0 aliphatic rings. The maximum Gasteiger partial charge on any atom is 0.307 e. The van der Waals surface area contributed by atoms with E-state index in [1.807, 2.05) is 0 Å². The first-order valence-electron chi connectivity index (χ1n) is 13.5. The number of ether oxygens (including phenoxy) is 2. The van der Waals surface area contributed by atoms with Crippen LogP contribution < -0.4 is 9.47 Å². The van der Waals surface area contributed by atoms with Gasteiger partial charge in [0.05, 0.1) is 33.5 Å². The number of Topliss-reactive ketones (excluding diaryl/α,β-unsaturated/α-hetero) is 1. The van der Waals surface area contributed by atoms with Crippen molar-refractivity contribution in [3.63, 3.8) is 0 Å². The smallest absolute Gasteiger partial charge is 0.307 e. The van der Waals surface area contributed by atoms with Crippen molar-refractivity contribution in [2.75, 3.05) is 14.2 Å². The van der Waals surface area contributed by atoms with Gasteiger partial charge in [-0.05, 0) is 50.1 Å². The molecular formula is C31H36F2N2O11. The van der Waals surface area contributed by atoms with Crippen molar-refractivity contribution in [1.29, 1.82) is 0 Å². The molecule has 4 aromatic rings. The van der Waals surface area contributed by atoms with E-state index in [2.05, 4.69) is 9.97 Å². The number of aryl methyl sites for hydroxylation is 2. The molecule has 0 atom stereocenters. The first-order chi connectivity index (χ1) is 21.4. The van der Waals surface area contributed by atoms with Gasteiger partial charge in [-0.1, -0.05) is 0 Å². The molecule has 0 bridgehead atoms. The van der Waals surface area contributed by atoms with Crippen molar-refractivity contribution in [3.8, 4) is 11.5 Å². The molecule has 2 heterocycles. The summed E-state index contributed by atoms with van der Waals surface area (Å²) in [7, 11) is 2.75. The Morgan fingerprint density at radius 3 is 1.67 bits per heavy atom. The van der Waals surface area contributed by atoms with E-state index < -0.39 is 35.5 Å². The van der Waals surface area contributed by atoms with Crippen LogP contribution in [0.2, 0.25) is 0 Å². The average molecular weight is 651 g/mol. The van der Waals surface area contributed by atoms with Crippen molar-refractivity contribution in [2.45, 2.75) is 53.4 Å². The van der Waals surface area contributed by atoms with Crippen LogP contribution in [0.15, 0.2) is 24.3 Å². The van der Waals surface area contributed by atoms with Gasteiger partial charge in [-0.3, -0.25) is 19.2 Å². The lowest BCUT2D eigenvalue weighted by Crippen LogP contribution is -2.01. The standard InChI is InChI=1S/2C12H12FNO3.C5H8O3.C2H4O2/c1-6-7(4-12(15)16)8-3-11(17-2)9(13)5-10(8)14-6;1-6-7(5-10(15)16)11-8(14-6)3-4-9(17-2)12(11)13;1-4(6)2-3-5(7)8;1-2(3)4/h3,5,14H,4H2,1-2H3,(H,15,16);3-4,14H,5H2,1-2H3,(H,15,16);2-3H2,1H3,(H,7,8);1H3,(H,3,4). The fourth-order valence-electron chi connectivity index (χ4n) is 4.16. The van der Waals surface area contributed by atoms with Crippen LogP contribution in [-0.2, 0) is 36.8 Å². The number of nitrogens with one attached hydrogen (secondary N) is 2. The Bertz CT molecular complexity index is 1700. The molecule has 0 radical (unpaired) electrons. The highest BCUT2D eigenvalue weighted by atomic mass is 19.1. The highest BCUT2D eigenvalue weighted by molar-refractivity contribution is 5.90. The fourth-order valence-corrected chi connectivity index (χ4v) is 4.16. The first-order valence-corrected chi connectivity index (χ1v) is 13.5. The van der Waals surface area contributed by atoms with Crippen molar-refractivity contribution in [3.05, 3.63) is 58.4 Å². The molecule has 0 spiro atoms. The summed E-state index contributed by atoms with van der Waals surface area (Å²) in [6.45, 7) is 5.95. The largest absolute Gasteiger partial charge is 0.494 e. The number of fused-ring (bicyclic) bond motifs is 2. The van der Waals surface area contributed by atoms with Gasteiger partial charge in [0, 0.05) is 52.6 Å². The van der Waals surface area contributed by atoms with Gasteiger partial charge in [-0.2, -0.15) is 0 Å². The maximum atomic E-state index is 14.1. The van der Waals surface area contributed by atoms with Gasteiger partial charge >= 0.3 is 17.9 Å². The third-order valence-corrected chi connectivity index (χ3v) is 6.14. The van der Waals surface area contributed by atoms with Crippen molar-refractivity contribution < 1.29 is 62.7 Å². The number of carboxylic acids is 4. The summed E-state index contributed by atoms with van der Waals surface area (Å²) in [6.07, 6.45) is -0.207. The topological polar surface area (TPSA) is 216 Å². The Morgan fingerprint density at radius 2 is 1.22 bits per heavy atom. The molecule has 2 aromatic heterocycles. The highest BCUT2D eigenvalue weighted by Crippen LogP contribution is 2.31. The van der Waals surface area contributed by atoms with Crippen LogP contribution in [-0.4, -0.2) is 74.3 Å². The number of hydrogen-bond acceptors (Lipinski definition) is 7. The highest BCUT2D eigenvalue weighted by Gasteiger charge is 2.18. The van der Waals surface area contributed by atoms with Gasteiger partial charge in [0.15, 0.2) is 23.1 Å². The summed E-state index contributed by atoms with van der Waals surface area (Å²) >= 11 is 0. The Labute approximate surface area is 261 Å². The number of rotatable bonds is 9. The Balaban J connectivity index is 0.000000344. The second kappa shape index (κ2) is 17.7. The van der Waals surface area contributed by atoms with Crippen molar-refractivity contribution in [1.82, 2.24) is 9.97 Å². The Hall–Kier alpha value is -5.47. The zero-order valence-corrected chi connectivity index (χ0v) is 26.0. The molecule has 6 N–H and O–H groups in total. The molecule has 250 valence electrons. The predicted molar refractivity (Wildman–Crippen MR) is 163 cm³/mol. The van der Waals surface area contributed by atoms with Crippen molar-refractivity contribution >= 4 is 51.5 Å². The molecule has 0 aliphatic carbocycles. The molecule has 0 saturated carbocycles. The van der Waals surface area contributed by atoms with E-state index in [1.165, 1.54) is 39.3 Å². The van der Waals surface area contributed by atoms with E-state index in [4.69, 9.17) is 34.7 Å². The number of aromatic amines is 2. The number of halogens is 2. The van der Waals surface area contributed by atoms with E-state index >= 15 is 0 Å². The molecule has 0 unspecified atom stereocenters. The first kappa shape index (κ1) is 38.6. The normalized spacial score (nSPS) is 10.0. The molecule has 15 heteroatoms. The van der Waals surface area contributed by atoms with Crippen LogP contribution in [0.1, 0.15) is 49.2 Å². The minimum Gasteiger partial charge on any atom is -0.494 e. The molecular weight excluding hydrogens is 614 g/mol. The van der Waals surface area contributed by atoms with Gasteiger partial charge in [0.1, 0.15) is 5.78 Å². The van der Waals surface area contributed by atoms with E-state index in [0.717, 1.165) is 12.6 Å². The quantitative estimate of drug-likeness (QED) is 0.141. The summed E-state index contributed by atoms with van der Waals surface area (Å²) in [5.74, 6) is -4.50. The molecule has 0 aliphatic heterocycles. The zero-order chi connectivity index (χ0) is 35.3. The number of carbonyl (C=O) groups excluding carboxylic acids is 1. The monoisotopic (exact) mass is 650 g/mol. The SMILES string of the molecule is CC(=O)CCC(=O)O.CC(=O)O.COc1cc2c(CC(=O)O)c(C)[nH]c2cc1F.COc1ccc2[nH]c(C)c(CC(=O)O)c2c1F. The Morgan fingerprint density at radius 1 is 0.717 bits per heavy atom. The summed E-state index contributed by atoms with van der Waals surface area (Å²) in [5, 5.41) is 34.1. The molecule has 0 fully saturated rings. The second-order valence-electron chi connectivity index (χ2n) is 9.75. The van der Waals surface area contributed by atoms with E-state index in [9.17, 15) is 28.0 Å².